The van der Waals surface area contributed by atoms with Crippen LogP contribution >= 0.6 is 24.8 Å². The third-order valence-corrected chi connectivity index (χ3v) is 14.2. The summed E-state index contributed by atoms with van der Waals surface area (Å²) in [6.45, 7) is 6.68. The van der Waals surface area contributed by atoms with Crippen molar-refractivity contribution in [2.75, 3.05) is 69.2 Å². The second-order valence-corrected chi connectivity index (χ2v) is 18.0. The monoisotopic (exact) mass is 872 g/mol. The molecular weight excluding hydrogens is 832 g/mol. The molecule has 306 valence electrons. The van der Waals surface area contributed by atoms with E-state index < -0.39 is 19.7 Å². The molecule has 0 atom stereocenters. The Balaban J connectivity index is 0.000000173. The van der Waals surface area contributed by atoms with E-state index in [1.165, 1.54) is 0 Å². The number of piperazine rings is 2. The summed E-state index contributed by atoms with van der Waals surface area (Å²) in [6.07, 6.45) is 0. The molecule has 16 heteroatoms. The highest BCUT2D eigenvalue weighted by Crippen LogP contribution is 2.35. The number of benzene rings is 6. The van der Waals surface area contributed by atoms with E-state index >= 15 is 0 Å². The summed E-state index contributed by atoms with van der Waals surface area (Å²) in [6, 6.07) is 36.7. The zero-order valence-corrected chi connectivity index (χ0v) is 35.3. The zero-order chi connectivity index (χ0) is 39.1. The van der Waals surface area contributed by atoms with Crippen LogP contribution in [0.5, 0.6) is 0 Å². The number of likely N-dealkylation sites (N-methyl/N-ethyl adjacent to an activating group) is 1. The molecule has 0 radical (unpaired) electrons. The maximum absolute atomic E-state index is 13.6. The van der Waals surface area contributed by atoms with E-state index in [-0.39, 0.29) is 44.4 Å². The van der Waals surface area contributed by atoms with Crippen molar-refractivity contribution in [2.45, 2.75) is 19.6 Å². The lowest BCUT2D eigenvalue weighted by Gasteiger charge is -2.31. The SMILES string of the molecule is CN1CCN(c2nc3c(S(=O)(=O)c4cccc5ccccc45)cccc3o2)CC1.Cl.Cl.O=S(=O)(c1cccc2ccccc12)c1cccc2oc(N3CCNCC3)nc12. The van der Waals surface area contributed by atoms with Crippen LogP contribution in [-0.2, 0) is 19.7 Å². The van der Waals surface area contributed by atoms with Gasteiger partial charge in [0.2, 0.25) is 19.7 Å². The van der Waals surface area contributed by atoms with Gasteiger partial charge in [0.1, 0.15) is 20.8 Å². The lowest BCUT2D eigenvalue weighted by Crippen LogP contribution is -2.44. The Bertz CT molecular complexity index is 2990. The first-order valence-electron chi connectivity index (χ1n) is 18.8. The molecule has 2 aliphatic heterocycles. The van der Waals surface area contributed by atoms with Gasteiger partial charge in [-0.1, -0.05) is 84.9 Å². The number of para-hydroxylation sites is 2. The molecule has 2 fully saturated rings. The van der Waals surface area contributed by atoms with Gasteiger partial charge in [-0.15, -0.1) is 24.8 Å². The van der Waals surface area contributed by atoms with Crippen molar-refractivity contribution in [3.8, 4) is 0 Å². The zero-order valence-electron chi connectivity index (χ0n) is 32.0. The molecule has 0 aliphatic carbocycles. The largest absolute Gasteiger partial charge is 0.423 e. The van der Waals surface area contributed by atoms with E-state index in [2.05, 4.69) is 32.1 Å². The number of anilines is 2. The van der Waals surface area contributed by atoms with Crippen molar-refractivity contribution in [1.29, 1.82) is 0 Å². The Kier molecular flexibility index (Phi) is 12.2. The topological polar surface area (TPSA) is 142 Å². The number of sulfone groups is 2. The van der Waals surface area contributed by atoms with Gasteiger partial charge in [0.25, 0.3) is 12.0 Å². The van der Waals surface area contributed by atoms with Crippen LogP contribution in [0, 0.1) is 0 Å². The van der Waals surface area contributed by atoms with Crippen LogP contribution in [0.2, 0.25) is 0 Å². The molecule has 0 saturated carbocycles. The normalized spacial score (nSPS) is 15.1. The number of nitrogens with one attached hydrogen (secondary N) is 1. The molecule has 0 spiro atoms. The van der Waals surface area contributed by atoms with E-state index in [4.69, 9.17) is 8.83 Å². The van der Waals surface area contributed by atoms with Gasteiger partial charge in [0, 0.05) is 63.1 Å². The highest BCUT2D eigenvalue weighted by molar-refractivity contribution is 7.92. The Morgan fingerprint density at radius 3 is 1.36 bits per heavy atom. The van der Waals surface area contributed by atoms with Crippen molar-refractivity contribution < 1.29 is 25.7 Å². The molecule has 59 heavy (non-hydrogen) atoms. The molecule has 2 aliphatic rings. The Morgan fingerprint density at radius 2 is 0.881 bits per heavy atom. The first-order valence-corrected chi connectivity index (χ1v) is 21.8. The number of oxazole rings is 2. The lowest BCUT2D eigenvalue weighted by atomic mass is 10.1. The van der Waals surface area contributed by atoms with Crippen molar-refractivity contribution in [3.63, 3.8) is 0 Å². The third kappa shape index (κ3) is 7.96. The van der Waals surface area contributed by atoms with Crippen molar-refractivity contribution >= 4 is 100 Å². The summed E-state index contributed by atoms with van der Waals surface area (Å²) in [7, 11) is -5.45. The van der Waals surface area contributed by atoms with E-state index in [1.807, 2.05) is 65.6 Å². The highest BCUT2D eigenvalue weighted by atomic mass is 35.5. The molecule has 1 N–H and O–H groups in total. The maximum Gasteiger partial charge on any atom is 0.298 e. The second kappa shape index (κ2) is 17.2. The molecule has 0 unspecified atom stereocenters. The van der Waals surface area contributed by atoms with Gasteiger partial charge in [0.15, 0.2) is 11.2 Å². The van der Waals surface area contributed by atoms with Crippen LogP contribution in [-0.4, -0.2) is 91.1 Å². The number of nitrogens with zero attached hydrogens (tertiary/aromatic N) is 5. The maximum atomic E-state index is 13.6. The number of aromatic nitrogens is 2. The first-order chi connectivity index (χ1) is 27.7. The number of fused-ring (bicyclic) bond motifs is 4. The third-order valence-electron chi connectivity index (χ3n) is 10.6. The summed E-state index contributed by atoms with van der Waals surface area (Å²) in [5.74, 6) is 0. The minimum absolute atomic E-state index is 0. The summed E-state index contributed by atoms with van der Waals surface area (Å²) in [5, 5.41) is 6.47. The predicted octanol–water partition coefficient (Wildman–Crippen LogP) is 7.63. The van der Waals surface area contributed by atoms with Crippen LogP contribution < -0.4 is 15.1 Å². The van der Waals surface area contributed by atoms with E-state index in [1.54, 1.807) is 60.7 Å². The fourth-order valence-electron chi connectivity index (χ4n) is 7.48. The minimum Gasteiger partial charge on any atom is -0.423 e. The molecule has 12 nitrogen and oxygen atoms in total. The average molecular weight is 874 g/mol. The second-order valence-electron chi connectivity index (χ2n) is 14.2. The van der Waals surface area contributed by atoms with Gasteiger partial charge in [-0.05, 0) is 54.2 Å². The van der Waals surface area contributed by atoms with Gasteiger partial charge < -0.3 is 28.9 Å². The van der Waals surface area contributed by atoms with Gasteiger partial charge >= 0.3 is 0 Å². The Morgan fingerprint density at radius 1 is 0.492 bits per heavy atom. The first kappa shape index (κ1) is 41.9. The fourth-order valence-corrected chi connectivity index (χ4v) is 10.7. The van der Waals surface area contributed by atoms with Crippen molar-refractivity contribution in [2.24, 2.45) is 0 Å². The summed E-state index contributed by atoms with van der Waals surface area (Å²) < 4.78 is 66.1. The van der Waals surface area contributed by atoms with Crippen LogP contribution in [0.4, 0.5) is 12.0 Å². The van der Waals surface area contributed by atoms with Crippen molar-refractivity contribution in [1.82, 2.24) is 20.2 Å². The standard InChI is InChI=1S/C22H21N3O3S.C21H19N3O3S.2ClH/c1-24-12-14-25(15-13-24)22-23-21-18(28-22)9-5-11-20(21)29(26,27)19-10-4-7-16-6-2-3-8-17(16)19;25-28(26,18-9-3-6-15-5-1-2-7-16(15)18)19-10-4-8-17-20(19)23-21(27-17)24-13-11-22-12-14-24;;/h2-11H,12-15H2,1H3;1-10,22H,11-14H2;2*1H. The van der Waals surface area contributed by atoms with Crippen LogP contribution in [0.3, 0.4) is 0 Å². The number of halogens is 2. The average Bonchev–Trinajstić information content (AvgIpc) is 3.89. The molecule has 10 rings (SSSR count). The molecule has 2 aromatic heterocycles. The van der Waals surface area contributed by atoms with E-state index in [0.717, 1.165) is 63.1 Å². The van der Waals surface area contributed by atoms with Gasteiger partial charge in [0.05, 0.1) is 9.79 Å². The van der Waals surface area contributed by atoms with E-state index in [9.17, 15) is 16.8 Å². The summed E-state index contributed by atoms with van der Waals surface area (Å²) in [5.41, 5.74) is 1.73. The molecule has 4 heterocycles. The fraction of sp³-hybridized carbons (Fsp3) is 0.209. The highest BCUT2D eigenvalue weighted by Gasteiger charge is 2.28. The molecule has 6 aromatic carbocycles. The molecule has 0 amide bonds. The predicted molar refractivity (Wildman–Crippen MR) is 236 cm³/mol. The Hall–Kier alpha value is -5.22. The van der Waals surface area contributed by atoms with Gasteiger partial charge in [-0.25, -0.2) is 16.8 Å². The van der Waals surface area contributed by atoms with Crippen LogP contribution in [0.1, 0.15) is 0 Å². The number of rotatable bonds is 6. The van der Waals surface area contributed by atoms with E-state index in [0.29, 0.717) is 45.0 Å². The minimum atomic E-state index is -3.77. The molecule has 2 saturated heterocycles. The number of hydrogen-bond donors (Lipinski definition) is 1. The molecular formula is C43H42Cl2N6O6S2. The molecule has 8 aromatic rings. The van der Waals surface area contributed by atoms with Crippen molar-refractivity contribution in [3.05, 3.63) is 121 Å². The molecule has 0 bridgehead atoms. The van der Waals surface area contributed by atoms with Gasteiger partial charge in [-0.2, -0.15) is 9.97 Å². The number of hydrogen-bond acceptors (Lipinski definition) is 12. The summed E-state index contributed by atoms with van der Waals surface area (Å²) >= 11 is 0. The quantitative estimate of drug-likeness (QED) is 0.176. The smallest absolute Gasteiger partial charge is 0.298 e. The summed E-state index contributed by atoms with van der Waals surface area (Å²) in [4.78, 5) is 16.4. The Labute approximate surface area is 354 Å². The van der Waals surface area contributed by atoms with Crippen LogP contribution in [0.15, 0.2) is 150 Å². The van der Waals surface area contributed by atoms with Crippen LogP contribution in [0.25, 0.3) is 43.7 Å². The lowest BCUT2D eigenvalue weighted by molar-refractivity contribution is 0.305. The van der Waals surface area contributed by atoms with Gasteiger partial charge in [-0.3, -0.25) is 0 Å².